The molecule has 126 valence electrons. The highest BCUT2D eigenvalue weighted by Gasteiger charge is 2.25. The number of aromatic nitrogens is 2. The molecule has 6 heteroatoms. The van der Waals surface area contributed by atoms with Crippen LogP contribution in [0.25, 0.3) is 0 Å². The maximum Gasteiger partial charge on any atom is 0.270 e. The number of Topliss-reactive ketones (excluding diaryl/α,β-unsaturated/α-hetero) is 1. The fourth-order valence-electron chi connectivity index (χ4n) is 3.07. The van der Waals surface area contributed by atoms with Gasteiger partial charge in [0.25, 0.3) is 5.56 Å². The molecule has 0 atom stereocenters. The molecule has 24 heavy (non-hydrogen) atoms. The zero-order valence-electron chi connectivity index (χ0n) is 13.4. The molecule has 2 aromatic rings. The van der Waals surface area contributed by atoms with Crippen LogP contribution in [0.5, 0.6) is 0 Å². The van der Waals surface area contributed by atoms with E-state index >= 15 is 0 Å². The number of ketones is 1. The smallest absolute Gasteiger partial charge is 0.270 e. The lowest BCUT2D eigenvalue weighted by molar-refractivity contribution is -0.123. The van der Waals surface area contributed by atoms with Gasteiger partial charge in [-0.05, 0) is 43.6 Å². The minimum atomic E-state index is -0.288. The average Bonchev–Trinajstić information content (AvgIpc) is 2.59. The fraction of sp³-hybridized carbons (Fsp3) is 0.389. The van der Waals surface area contributed by atoms with Gasteiger partial charge in [0.2, 0.25) is 0 Å². The summed E-state index contributed by atoms with van der Waals surface area (Å²) in [4.78, 5) is 32.9. The number of piperidine rings is 1. The molecular weight excluding hydrogens is 309 g/mol. The van der Waals surface area contributed by atoms with Gasteiger partial charge in [-0.1, -0.05) is 12.1 Å². The van der Waals surface area contributed by atoms with E-state index in [-0.39, 0.29) is 23.1 Å². The van der Waals surface area contributed by atoms with Crippen molar-refractivity contribution in [2.24, 2.45) is 5.92 Å². The largest absolute Gasteiger partial charge is 0.326 e. The number of aromatic amines is 1. The molecule has 0 spiro atoms. The third-order valence-corrected chi connectivity index (χ3v) is 4.49. The molecule has 1 aliphatic heterocycles. The van der Waals surface area contributed by atoms with Gasteiger partial charge < -0.3 is 4.98 Å². The van der Waals surface area contributed by atoms with E-state index in [0.29, 0.717) is 18.7 Å². The van der Waals surface area contributed by atoms with E-state index in [1.54, 1.807) is 18.3 Å². The summed E-state index contributed by atoms with van der Waals surface area (Å²) in [5.41, 5.74) is 1.20. The Morgan fingerprint density at radius 1 is 1.25 bits per heavy atom. The third-order valence-electron chi connectivity index (χ3n) is 4.49. The van der Waals surface area contributed by atoms with E-state index in [1.807, 2.05) is 0 Å². The highest BCUT2D eigenvalue weighted by molar-refractivity contribution is 5.83. The van der Waals surface area contributed by atoms with Crippen molar-refractivity contribution in [3.8, 4) is 0 Å². The lowest BCUT2D eigenvalue weighted by Crippen LogP contribution is -2.37. The summed E-state index contributed by atoms with van der Waals surface area (Å²) in [6, 6.07) is 6.09. The second-order valence-electron chi connectivity index (χ2n) is 6.18. The molecule has 1 fully saturated rings. The molecule has 0 unspecified atom stereocenters. The van der Waals surface area contributed by atoms with Crippen LogP contribution in [0.3, 0.4) is 0 Å². The van der Waals surface area contributed by atoms with Gasteiger partial charge in [-0.15, -0.1) is 0 Å². The van der Waals surface area contributed by atoms with Gasteiger partial charge in [-0.3, -0.25) is 19.5 Å². The fourth-order valence-corrected chi connectivity index (χ4v) is 3.07. The molecule has 3 rings (SSSR count). The summed E-state index contributed by atoms with van der Waals surface area (Å²) in [6.07, 6.45) is 5.02. The molecule has 1 aromatic heterocycles. The Bertz CT molecular complexity index is 749. The third kappa shape index (κ3) is 4.14. The van der Waals surface area contributed by atoms with Crippen LogP contribution < -0.4 is 5.56 Å². The molecule has 0 bridgehead atoms. The van der Waals surface area contributed by atoms with Crippen LogP contribution >= 0.6 is 0 Å². The Hall–Kier alpha value is -2.34. The van der Waals surface area contributed by atoms with Gasteiger partial charge >= 0.3 is 0 Å². The van der Waals surface area contributed by atoms with Crippen LogP contribution in [0, 0.1) is 11.7 Å². The van der Waals surface area contributed by atoms with Crippen LogP contribution in [0.2, 0.25) is 0 Å². The van der Waals surface area contributed by atoms with E-state index in [2.05, 4.69) is 14.9 Å². The van der Waals surface area contributed by atoms with Crippen molar-refractivity contribution in [3.05, 3.63) is 64.1 Å². The number of hydrogen-bond acceptors (Lipinski definition) is 4. The zero-order chi connectivity index (χ0) is 16.9. The highest BCUT2D eigenvalue weighted by atomic mass is 19.1. The molecule has 0 aliphatic carbocycles. The molecule has 1 aliphatic rings. The summed E-state index contributed by atoms with van der Waals surface area (Å²) >= 11 is 0. The van der Waals surface area contributed by atoms with Crippen molar-refractivity contribution in [2.75, 3.05) is 13.1 Å². The molecule has 0 saturated carbocycles. The minimum Gasteiger partial charge on any atom is -0.326 e. The van der Waals surface area contributed by atoms with Crippen molar-refractivity contribution < 1.29 is 9.18 Å². The van der Waals surface area contributed by atoms with Crippen molar-refractivity contribution in [1.82, 2.24) is 14.9 Å². The predicted octanol–water partition coefficient (Wildman–Crippen LogP) is 1.93. The van der Waals surface area contributed by atoms with Crippen molar-refractivity contribution in [1.29, 1.82) is 0 Å². The van der Waals surface area contributed by atoms with Gasteiger partial charge in [-0.2, -0.15) is 0 Å². The summed E-state index contributed by atoms with van der Waals surface area (Å²) in [7, 11) is 0. The van der Waals surface area contributed by atoms with Crippen LogP contribution in [-0.4, -0.2) is 33.7 Å². The van der Waals surface area contributed by atoms with Gasteiger partial charge in [-0.25, -0.2) is 4.39 Å². The minimum absolute atomic E-state index is 0.0355. The van der Waals surface area contributed by atoms with E-state index < -0.39 is 0 Å². The van der Waals surface area contributed by atoms with E-state index in [0.717, 1.165) is 31.5 Å². The lowest BCUT2D eigenvalue weighted by Gasteiger charge is -2.30. The Morgan fingerprint density at radius 2 is 1.96 bits per heavy atom. The number of benzene rings is 1. The lowest BCUT2D eigenvalue weighted by atomic mass is 9.89. The zero-order valence-corrected chi connectivity index (χ0v) is 13.4. The Morgan fingerprint density at radius 3 is 2.62 bits per heavy atom. The van der Waals surface area contributed by atoms with Gasteiger partial charge in [0, 0.05) is 31.3 Å². The highest BCUT2D eigenvalue weighted by Crippen LogP contribution is 2.21. The number of likely N-dealkylation sites (tertiary alicyclic amines) is 1. The van der Waals surface area contributed by atoms with E-state index in [9.17, 15) is 14.0 Å². The summed E-state index contributed by atoms with van der Waals surface area (Å²) in [6.45, 7) is 2.06. The average molecular weight is 329 g/mol. The van der Waals surface area contributed by atoms with Crippen LogP contribution in [0.15, 0.2) is 41.5 Å². The maximum atomic E-state index is 12.9. The number of carbonyl (C=O) groups is 1. The number of nitrogens with one attached hydrogen (secondary N) is 1. The summed E-state index contributed by atoms with van der Waals surface area (Å²) < 4.78 is 12.9. The first kappa shape index (κ1) is 16.5. The standard InChI is InChI=1S/C18H20FN3O2/c19-15-3-1-13(2-4-15)11-17(23)14-5-9-22(10-6-14)12-16-18(24)21-8-7-20-16/h1-4,7-8,14H,5-6,9-12H2,(H,21,24). The van der Waals surface area contributed by atoms with Crippen LogP contribution in [-0.2, 0) is 17.8 Å². The van der Waals surface area contributed by atoms with Crippen molar-refractivity contribution >= 4 is 5.78 Å². The van der Waals surface area contributed by atoms with Gasteiger partial charge in [0.05, 0.1) is 0 Å². The van der Waals surface area contributed by atoms with Gasteiger partial charge in [0.15, 0.2) is 0 Å². The van der Waals surface area contributed by atoms with Crippen molar-refractivity contribution in [2.45, 2.75) is 25.8 Å². The Labute approximate surface area is 139 Å². The van der Waals surface area contributed by atoms with Crippen molar-refractivity contribution in [3.63, 3.8) is 0 Å². The molecule has 1 aromatic carbocycles. The quantitative estimate of drug-likeness (QED) is 0.910. The number of rotatable bonds is 5. The maximum absolute atomic E-state index is 12.9. The number of halogens is 1. The Kier molecular flexibility index (Phi) is 5.15. The molecule has 0 radical (unpaired) electrons. The van der Waals surface area contributed by atoms with Gasteiger partial charge in [0.1, 0.15) is 17.3 Å². The van der Waals surface area contributed by atoms with Crippen LogP contribution in [0.1, 0.15) is 24.1 Å². The first-order chi connectivity index (χ1) is 11.6. The summed E-state index contributed by atoms with van der Waals surface area (Å²) in [5.74, 6) is -0.0470. The molecule has 1 N–H and O–H groups in total. The first-order valence-electron chi connectivity index (χ1n) is 8.14. The monoisotopic (exact) mass is 329 g/mol. The molecule has 2 heterocycles. The number of carbonyl (C=O) groups excluding carboxylic acids is 1. The SMILES string of the molecule is O=C(Cc1ccc(F)cc1)C1CCN(Cc2ncc[nH]c2=O)CC1. The second-order valence-corrected chi connectivity index (χ2v) is 6.18. The van der Waals surface area contributed by atoms with E-state index in [4.69, 9.17) is 0 Å². The molecule has 0 amide bonds. The summed E-state index contributed by atoms with van der Waals surface area (Å²) in [5, 5.41) is 0. The molecular formula is C18H20FN3O2. The molecule has 5 nitrogen and oxygen atoms in total. The first-order valence-corrected chi connectivity index (χ1v) is 8.14. The topological polar surface area (TPSA) is 66.1 Å². The normalized spacial score (nSPS) is 16.2. The number of H-pyrrole nitrogens is 1. The Balaban J connectivity index is 1.51. The van der Waals surface area contributed by atoms with E-state index in [1.165, 1.54) is 18.3 Å². The molecule has 1 saturated heterocycles. The predicted molar refractivity (Wildman–Crippen MR) is 88.0 cm³/mol. The second kappa shape index (κ2) is 7.49. The number of hydrogen-bond donors (Lipinski definition) is 1. The van der Waals surface area contributed by atoms with Crippen LogP contribution in [0.4, 0.5) is 4.39 Å². The number of nitrogens with zero attached hydrogens (tertiary/aromatic N) is 2.